The molecule has 0 bridgehead atoms. The van der Waals surface area contributed by atoms with Gasteiger partial charge in [-0.1, -0.05) is 42.5 Å². The van der Waals surface area contributed by atoms with E-state index in [-0.39, 0.29) is 11.9 Å². The summed E-state index contributed by atoms with van der Waals surface area (Å²) in [5.41, 5.74) is 1.73. The van der Waals surface area contributed by atoms with Crippen molar-refractivity contribution < 1.29 is 9.53 Å². The Kier molecular flexibility index (Phi) is 4.35. The maximum Gasteiger partial charge on any atom is 0.167 e. The molecule has 98 valence electrons. The first kappa shape index (κ1) is 13.3. The van der Waals surface area contributed by atoms with Crippen LogP contribution in [0.25, 0.3) is 0 Å². The first-order chi connectivity index (χ1) is 9.15. The van der Waals surface area contributed by atoms with E-state index in [0.717, 1.165) is 11.3 Å². The molecular weight excluding hydrogens is 236 g/mol. The topological polar surface area (TPSA) is 26.3 Å². The maximum atomic E-state index is 12.2. The molecule has 0 amide bonds. The SMILES string of the molecule is CC(C)Oc1cccc(C(=O)Cc2ccccc2)c1. The molecule has 0 aromatic heterocycles. The van der Waals surface area contributed by atoms with Crippen LogP contribution in [0.5, 0.6) is 5.75 Å². The molecule has 0 fully saturated rings. The molecule has 19 heavy (non-hydrogen) atoms. The van der Waals surface area contributed by atoms with Gasteiger partial charge in [0.2, 0.25) is 0 Å². The average molecular weight is 254 g/mol. The molecule has 0 saturated heterocycles. The third-order valence-corrected chi connectivity index (χ3v) is 2.74. The number of ketones is 1. The van der Waals surface area contributed by atoms with Crippen molar-refractivity contribution in [1.82, 2.24) is 0 Å². The first-order valence-corrected chi connectivity index (χ1v) is 6.49. The van der Waals surface area contributed by atoms with E-state index in [1.165, 1.54) is 0 Å². The fourth-order valence-electron chi connectivity index (χ4n) is 1.90. The van der Waals surface area contributed by atoms with E-state index in [0.29, 0.717) is 12.0 Å². The quantitative estimate of drug-likeness (QED) is 0.756. The summed E-state index contributed by atoms with van der Waals surface area (Å²) in [5, 5.41) is 0. The lowest BCUT2D eigenvalue weighted by Gasteiger charge is -2.10. The molecule has 0 aliphatic heterocycles. The average Bonchev–Trinajstić information content (AvgIpc) is 2.39. The van der Waals surface area contributed by atoms with Crippen molar-refractivity contribution in [2.75, 3.05) is 0 Å². The Balaban J connectivity index is 2.11. The minimum Gasteiger partial charge on any atom is -0.491 e. The van der Waals surface area contributed by atoms with Crippen LogP contribution in [-0.2, 0) is 6.42 Å². The predicted octanol–water partition coefficient (Wildman–Crippen LogP) is 3.90. The van der Waals surface area contributed by atoms with Crippen molar-refractivity contribution in [3.05, 3.63) is 65.7 Å². The van der Waals surface area contributed by atoms with Crippen molar-refractivity contribution in [2.45, 2.75) is 26.4 Å². The van der Waals surface area contributed by atoms with Crippen LogP contribution in [0.3, 0.4) is 0 Å². The van der Waals surface area contributed by atoms with Crippen molar-refractivity contribution >= 4 is 5.78 Å². The second kappa shape index (κ2) is 6.19. The molecule has 0 aliphatic rings. The van der Waals surface area contributed by atoms with E-state index in [2.05, 4.69) is 0 Å². The number of ether oxygens (including phenoxy) is 1. The van der Waals surface area contributed by atoms with Gasteiger partial charge in [0.05, 0.1) is 6.10 Å². The predicted molar refractivity (Wildman–Crippen MR) is 76.7 cm³/mol. The number of carbonyl (C=O) groups excluding carboxylic acids is 1. The van der Waals surface area contributed by atoms with Gasteiger partial charge in [-0.2, -0.15) is 0 Å². The molecule has 0 N–H and O–H groups in total. The Labute approximate surface area is 114 Å². The summed E-state index contributed by atoms with van der Waals surface area (Å²) >= 11 is 0. The zero-order valence-corrected chi connectivity index (χ0v) is 11.3. The Morgan fingerprint density at radius 1 is 1.05 bits per heavy atom. The number of benzene rings is 2. The third-order valence-electron chi connectivity index (χ3n) is 2.74. The van der Waals surface area contributed by atoms with Gasteiger partial charge in [0.15, 0.2) is 5.78 Å². The largest absolute Gasteiger partial charge is 0.491 e. The van der Waals surface area contributed by atoms with Crippen LogP contribution in [0.15, 0.2) is 54.6 Å². The van der Waals surface area contributed by atoms with Gasteiger partial charge in [-0.25, -0.2) is 0 Å². The summed E-state index contributed by atoms with van der Waals surface area (Å²) in [6.07, 6.45) is 0.533. The molecule has 0 heterocycles. The number of hydrogen-bond donors (Lipinski definition) is 0. The van der Waals surface area contributed by atoms with E-state index in [1.54, 1.807) is 0 Å². The number of Topliss-reactive ketones (excluding diaryl/α,β-unsaturated/α-hetero) is 1. The van der Waals surface area contributed by atoms with Gasteiger partial charge >= 0.3 is 0 Å². The fourth-order valence-corrected chi connectivity index (χ4v) is 1.90. The van der Waals surface area contributed by atoms with Crippen molar-refractivity contribution in [2.24, 2.45) is 0 Å². The lowest BCUT2D eigenvalue weighted by molar-refractivity contribution is 0.0992. The monoisotopic (exact) mass is 254 g/mol. The second-order valence-electron chi connectivity index (χ2n) is 4.78. The molecule has 2 rings (SSSR count). The van der Waals surface area contributed by atoms with Crippen LogP contribution in [-0.4, -0.2) is 11.9 Å². The van der Waals surface area contributed by atoms with Gasteiger partial charge in [0.25, 0.3) is 0 Å². The number of hydrogen-bond acceptors (Lipinski definition) is 2. The lowest BCUT2D eigenvalue weighted by Crippen LogP contribution is -2.07. The molecule has 0 unspecified atom stereocenters. The molecule has 2 nitrogen and oxygen atoms in total. The van der Waals surface area contributed by atoms with E-state index in [9.17, 15) is 4.79 Å². The molecule has 0 radical (unpaired) electrons. The van der Waals surface area contributed by atoms with Gasteiger partial charge in [0, 0.05) is 12.0 Å². The molecule has 0 atom stereocenters. The van der Waals surface area contributed by atoms with Crippen LogP contribution < -0.4 is 4.74 Å². The van der Waals surface area contributed by atoms with Crippen LogP contribution in [0.1, 0.15) is 29.8 Å². The maximum absolute atomic E-state index is 12.2. The molecule has 2 aromatic rings. The lowest BCUT2D eigenvalue weighted by atomic mass is 10.0. The summed E-state index contributed by atoms with van der Waals surface area (Å²) in [6.45, 7) is 3.94. The van der Waals surface area contributed by atoms with Gasteiger partial charge in [0.1, 0.15) is 5.75 Å². The summed E-state index contributed by atoms with van der Waals surface area (Å²) in [4.78, 5) is 12.2. The zero-order chi connectivity index (χ0) is 13.7. The van der Waals surface area contributed by atoms with Crippen molar-refractivity contribution in [3.63, 3.8) is 0 Å². The Morgan fingerprint density at radius 3 is 2.47 bits per heavy atom. The highest BCUT2D eigenvalue weighted by molar-refractivity contribution is 5.97. The fraction of sp³-hybridized carbons (Fsp3) is 0.235. The van der Waals surface area contributed by atoms with Crippen molar-refractivity contribution in [3.8, 4) is 5.75 Å². The van der Waals surface area contributed by atoms with E-state index in [1.807, 2.05) is 68.4 Å². The minimum absolute atomic E-state index is 0.111. The Hall–Kier alpha value is -2.09. The van der Waals surface area contributed by atoms with Crippen molar-refractivity contribution in [1.29, 1.82) is 0 Å². The molecule has 0 aliphatic carbocycles. The number of rotatable bonds is 5. The minimum atomic E-state index is 0.111. The van der Waals surface area contributed by atoms with Crippen LogP contribution in [0, 0.1) is 0 Å². The summed E-state index contributed by atoms with van der Waals surface area (Å²) in [5.74, 6) is 0.856. The van der Waals surface area contributed by atoms with E-state index < -0.39 is 0 Å². The smallest absolute Gasteiger partial charge is 0.167 e. The molecule has 2 aromatic carbocycles. The Morgan fingerprint density at radius 2 is 1.79 bits per heavy atom. The Bertz CT molecular complexity index is 544. The normalized spacial score (nSPS) is 10.5. The van der Waals surface area contributed by atoms with Gasteiger partial charge < -0.3 is 4.74 Å². The molecular formula is C17H18O2. The van der Waals surface area contributed by atoms with Crippen LogP contribution in [0.2, 0.25) is 0 Å². The van der Waals surface area contributed by atoms with Gasteiger partial charge in [-0.15, -0.1) is 0 Å². The van der Waals surface area contributed by atoms with Crippen LogP contribution >= 0.6 is 0 Å². The van der Waals surface area contributed by atoms with E-state index in [4.69, 9.17) is 4.74 Å². The van der Waals surface area contributed by atoms with Gasteiger partial charge in [-0.3, -0.25) is 4.79 Å². The van der Waals surface area contributed by atoms with Crippen LogP contribution in [0.4, 0.5) is 0 Å². The highest BCUT2D eigenvalue weighted by Gasteiger charge is 2.08. The molecule has 2 heteroatoms. The standard InChI is InChI=1S/C17H18O2/c1-13(2)19-16-10-6-9-15(12-16)17(18)11-14-7-4-3-5-8-14/h3-10,12-13H,11H2,1-2H3. The summed E-state index contributed by atoms with van der Waals surface area (Å²) in [6, 6.07) is 17.1. The first-order valence-electron chi connectivity index (χ1n) is 6.49. The number of carbonyl (C=O) groups is 1. The molecule has 0 spiro atoms. The van der Waals surface area contributed by atoms with E-state index >= 15 is 0 Å². The highest BCUT2D eigenvalue weighted by atomic mass is 16.5. The summed E-state index contributed by atoms with van der Waals surface area (Å²) < 4.78 is 5.60. The second-order valence-corrected chi connectivity index (χ2v) is 4.78. The molecule has 0 saturated carbocycles. The highest BCUT2D eigenvalue weighted by Crippen LogP contribution is 2.16. The zero-order valence-electron chi connectivity index (χ0n) is 11.3. The summed E-state index contributed by atoms with van der Waals surface area (Å²) in [7, 11) is 0. The third kappa shape index (κ3) is 3.95. The van der Waals surface area contributed by atoms with Gasteiger partial charge in [-0.05, 0) is 31.5 Å².